The van der Waals surface area contributed by atoms with E-state index in [1.807, 2.05) is 0 Å². The third kappa shape index (κ3) is 6.56. The number of nitrogens with one attached hydrogen (secondary N) is 1. The predicted octanol–water partition coefficient (Wildman–Crippen LogP) is 16.8. The maximum Gasteiger partial charge on any atom is 0.0544 e. The zero-order valence-corrected chi connectivity index (χ0v) is 38.4. The molecule has 0 aliphatic rings. The SMILES string of the molecule is Cc1cc(C)c(-c2ccc3c(c2)c2cc(-c4c(C)cc(C)cc4C)ccc2n3-c2cc(Cl)c(C)c(-c3cc(C(C)(C)C)cc4c3[nH]c3ccc(C(C)(C)C)cc34)c2)c(C)c1. The van der Waals surface area contributed by atoms with Crippen LogP contribution in [0.1, 0.15) is 91.6 Å². The molecule has 0 radical (unpaired) electrons. The van der Waals surface area contributed by atoms with Crippen LogP contribution < -0.4 is 0 Å². The molecule has 0 fully saturated rings. The Morgan fingerprint density at radius 2 is 0.967 bits per heavy atom. The molecule has 0 aliphatic heterocycles. The van der Waals surface area contributed by atoms with Gasteiger partial charge in [0.25, 0.3) is 0 Å². The number of nitrogens with zero attached hydrogens (tertiary/aromatic N) is 1. The number of H-pyrrole nitrogens is 1. The third-order valence-electron chi connectivity index (χ3n) is 13.0. The van der Waals surface area contributed by atoms with Crippen LogP contribution in [0.25, 0.3) is 82.7 Å². The zero-order valence-electron chi connectivity index (χ0n) is 37.6. The Balaban J connectivity index is 1.34. The summed E-state index contributed by atoms with van der Waals surface area (Å²) in [7, 11) is 0. The summed E-state index contributed by atoms with van der Waals surface area (Å²) in [6.45, 7) is 29.3. The molecule has 7 aromatic carbocycles. The number of benzene rings is 7. The normalized spacial score (nSPS) is 12.5. The van der Waals surface area contributed by atoms with E-state index >= 15 is 0 Å². The molecule has 0 saturated carbocycles. The van der Waals surface area contributed by atoms with Gasteiger partial charge in [-0.2, -0.15) is 0 Å². The minimum Gasteiger partial charge on any atom is -0.354 e. The van der Waals surface area contributed by atoms with Crippen molar-refractivity contribution in [2.24, 2.45) is 0 Å². The molecule has 1 N–H and O–H groups in total. The molecule has 302 valence electrons. The van der Waals surface area contributed by atoms with E-state index in [0.29, 0.717) is 0 Å². The molecule has 0 amide bonds. The van der Waals surface area contributed by atoms with E-state index in [9.17, 15) is 0 Å². The van der Waals surface area contributed by atoms with Crippen LogP contribution in [0.5, 0.6) is 0 Å². The van der Waals surface area contributed by atoms with Gasteiger partial charge in [-0.25, -0.2) is 0 Å². The van der Waals surface area contributed by atoms with E-state index in [1.165, 1.54) is 93.9 Å². The molecule has 0 aliphatic carbocycles. The molecule has 60 heavy (non-hydrogen) atoms. The van der Waals surface area contributed by atoms with Gasteiger partial charge in [0, 0.05) is 43.3 Å². The van der Waals surface area contributed by atoms with Gasteiger partial charge in [-0.1, -0.05) is 107 Å². The lowest BCUT2D eigenvalue weighted by molar-refractivity contribution is 0.590. The molecule has 3 heteroatoms. The van der Waals surface area contributed by atoms with E-state index in [0.717, 1.165) is 43.9 Å². The van der Waals surface area contributed by atoms with Gasteiger partial charge >= 0.3 is 0 Å². The van der Waals surface area contributed by atoms with Crippen molar-refractivity contribution < 1.29 is 0 Å². The van der Waals surface area contributed by atoms with Gasteiger partial charge in [0.05, 0.1) is 16.6 Å². The van der Waals surface area contributed by atoms with Crippen molar-refractivity contribution in [3.63, 3.8) is 0 Å². The molecular formula is C57H57ClN2. The van der Waals surface area contributed by atoms with Crippen molar-refractivity contribution in [2.45, 2.75) is 101 Å². The fraction of sp³-hybridized carbons (Fsp3) is 0.263. The highest BCUT2D eigenvalue weighted by molar-refractivity contribution is 6.32. The molecule has 2 nitrogen and oxygen atoms in total. The third-order valence-corrected chi connectivity index (χ3v) is 13.4. The first-order chi connectivity index (χ1) is 28.3. The Morgan fingerprint density at radius 3 is 1.47 bits per heavy atom. The summed E-state index contributed by atoms with van der Waals surface area (Å²) in [5.41, 5.74) is 24.5. The minimum atomic E-state index is -0.0615. The van der Waals surface area contributed by atoms with Crippen molar-refractivity contribution in [3.8, 4) is 39.1 Å². The first-order valence-electron chi connectivity index (χ1n) is 21.4. The lowest BCUT2D eigenvalue weighted by atomic mass is 9.83. The molecule has 0 spiro atoms. The first kappa shape index (κ1) is 39.9. The molecule has 9 aromatic rings. The summed E-state index contributed by atoms with van der Waals surface area (Å²) in [6, 6.07) is 39.5. The predicted molar refractivity (Wildman–Crippen MR) is 262 cm³/mol. The molecule has 0 bridgehead atoms. The highest BCUT2D eigenvalue weighted by atomic mass is 35.5. The number of aryl methyl sites for hydroxylation is 6. The molecule has 2 heterocycles. The van der Waals surface area contributed by atoms with Crippen LogP contribution in [0.15, 0.2) is 103 Å². The number of rotatable bonds is 4. The highest BCUT2D eigenvalue weighted by Gasteiger charge is 2.24. The smallest absolute Gasteiger partial charge is 0.0544 e. The van der Waals surface area contributed by atoms with Gasteiger partial charge < -0.3 is 9.55 Å². The second-order valence-corrected chi connectivity index (χ2v) is 20.2. The van der Waals surface area contributed by atoms with Crippen LogP contribution in [-0.4, -0.2) is 9.55 Å². The standard InChI is InChI=1S/C57H57ClN2/c1-31-20-33(3)53(34(4)21-31)38-14-18-51-45(24-38)46-25-39(54-35(5)22-32(2)23-36(54)6)15-19-52(46)60(51)42-29-43(37(7)49(58)30-42)47-27-41(57(11,12)13)28-48-44-26-40(56(8,9)10)16-17-50(44)59-55(47)48/h14-30,59H,1-13H3. The van der Waals surface area contributed by atoms with Gasteiger partial charge in [0.15, 0.2) is 0 Å². The van der Waals surface area contributed by atoms with Crippen LogP contribution in [0.2, 0.25) is 5.02 Å². The molecule has 9 rings (SSSR count). The monoisotopic (exact) mass is 804 g/mol. The van der Waals surface area contributed by atoms with Crippen molar-refractivity contribution in [3.05, 3.63) is 158 Å². The first-order valence-corrected chi connectivity index (χ1v) is 21.8. The number of fused-ring (bicyclic) bond motifs is 6. The van der Waals surface area contributed by atoms with Gasteiger partial charge in [-0.15, -0.1) is 0 Å². The second-order valence-electron chi connectivity index (χ2n) is 19.8. The van der Waals surface area contributed by atoms with E-state index < -0.39 is 0 Å². The summed E-state index contributed by atoms with van der Waals surface area (Å²) in [6.07, 6.45) is 0. The number of aromatic nitrogens is 2. The fourth-order valence-corrected chi connectivity index (χ4v) is 10.3. The molecule has 0 saturated heterocycles. The summed E-state index contributed by atoms with van der Waals surface area (Å²) in [4.78, 5) is 3.88. The maximum absolute atomic E-state index is 7.40. The highest BCUT2D eigenvalue weighted by Crippen LogP contribution is 2.44. The van der Waals surface area contributed by atoms with Crippen LogP contribution in [0.4, 0.5) is 0 Å². The molecular weight excluding hydrogens is 748 g/mol. The van der Waals surface area contributed by atoms with Crippen LogP contribution in [0, 0.1) is 48.5 Å². The van der Waals surface area contributed by atoms with E-state index in [2.05, 4.69) is 203 Å². The van der Waals surface area contributed by atoms with Crippen molar-refractivity contribution in [1.29, 1.82) is 0 Å². The van der Waals surface area contributed by atoms with Crippen LogP contribution >= 0.6 is 11.6 Å². The summed E-state index contributed by atoms with van der Waals surface area (Å²) >= 11 is 7.40. The fourth-order valence-electron chi connectivity index (χ4n) is 10.1. The number of hydrogen-bond acceptors (Lipinski definition) is 0. The maximum atomic E-state index is 7.40. The number of halogens is 1. The molecule has 0 unspecified atom stereocenters. The second kappa shape index (κ2) is 14.0. The van der Waals surface area contributed by atoms with Crippen LogP contribution in [-0.2, 0) is 10.8 Å². The Kier molecular flexibility index (Phi) is 9.30. The van der Waals surface area contributed by atoms with Crippen molar-refractivity contribution in [2.75, 3.05) is 0 Å². The van der Waals surface area contributed by atoms with Gasteiger partial charge in [-0.3, -0.25) is 0 Å². The molecule has 2 aromatic heterocycles. The lowest BCUT2D eigenvalue weighted by Gasteiger charge is -2.22. The summed E-state index contributed by atoms with van der Waals surface area (Å²) < 4.78 is 2.43. The van der Waals surface area contributed by atoms with E-state index in [1.54, 1.807) is 0 Å². The Bertz CT molecular complexity index is 3080. The van der Waals surface area contributed by atoms with Crippen LogP contribution in [0.3, 0.4) is 0 Å². The topological polar surface area (TPSA) is 20.7 Å². The van der Waals surface area contributed by atoms with Gasteiger partial charge in [-0.05, 0) is 187 Å². The average molecular weight is 806 g/mol. The Hall–Kier alpha value is -5.57. The number of aromatic amines is 1. The quantitative estimate of drug-likeness (QED) is 0.183. The minimum absolute atomic E-state index is 0.0418. The average Bonchev–Trinajstić information content (AvgIpc) is 3.69. The Morgan fingerprint density at radius 1 is 0.467 bits per heavy atom. The van der Waals surface area contributed by atoms with Crippen molar-refractivity contribution >= 4 is 55.2 Å². The van der Waals surface area contributed by atoms with E-state index in [-0.39, 0.29) is 10.8 Å². The molecule has 0 atom stereocenters. The summed E-state index contributed by atoms with van der Waals surface area (Å²) in [5.74, 6) is 0. The lowest BCUT2D eigenvalue weighted by Crippen LogP contribution is -2.11. The van der Waals surface area contributed by atoms with E-state index in [4.69, 9.17) is 11.6 Å². The summed E-state index contributed by atoms with van der Waals surface area (Å²) in [5, 5.41) is 5.72. The zero-order chi connectivity index (χ0) is 42.7. The number of hydrogen-bond donors (Lipinski definition) is 1. The van der Waals surface area contributed by atoms with Gasteiger partial charge in [0.1, 0.15) is 0 Å². The largest absolute Gasteiger partial charge is 0.354 e. The van der Waals surface area contributed by atoms with Crippen molar-refractivity contribution in [1.82, 2.24) is 9.55 Å². The van der Waals surface area contributed by atoms with Gasteiger partial charge in [0.2, 0.25) is 0 Å². The Labute approximate surface area is 361 Å².